The van der Waals surface area contributed by atoms with Gasteiger partial charge in [-0.05, 0) is 37.3 Å². The fourth-order valence-electron chi connectivity index (χ4n) is 2.00. The van der Waals surface area contributed by atoms with Gasteiger partial charge in [0.25, 0.3) is 0 Å². The lowest BCUT2D eigenvalue weighted by Gasteiger charge is -2.24. The van der Waals surface area contributed by atoms with Crippen LogP contribution in [-0.2, 0) is 0 Å². The molecule has 2 heteroatoms. The standard InChI is InChI=1S/C10H14N2/c1-7-9-5-4-6-10(9)8(2)12(3)11-7/h2,4-6H2,1,3H3. The summed E-state index contributed by atoms with van der Waals surface area (Å²) >= 11 is 0. The van der Waals surface area contributed by atoms with Gasteiger partial charge in [0, 0.05) is 7.05 Å². The summed E-state index contributed by atoms with van der Waals surface area (Å²) in [5.74, 6) is 0. The first-order valence-electron chi connectivity index (χ1n) is 4.41. The molecular weight excluding hydrogens is 148 g/mol. The third-order valence-electron chi connectivity index (χ3n) is 2.69. The van der Waals surface area contributed by atoms with Crippen LogP contribution >= 0.6 is 0 Å². The molecule has 1 heterocycles. The van der Waals surface area contributed by atoms with Gasteiger partial charge in [-0.2, -0.15) is 5.10 Å². The SMILES string of the molecule is C=C1C2=C(CCC2)C(C)=NN1C. The molecule has 1 aliphatic carbocycles. The maximum absolute atomic E-state index is 4.40. The third kappa shape index (κ3) is 0.909. The Labute approximate surface area is 73.3 Å². The average molecular weight is 162 g/mol. The van der Waals surface area contributed by atoms with Gasteiger partial charge >= 0.3 is 0 Å². The van der Waals surface area contributed by atoms with E-state index in [1.54, 1.807) is 0 Å². The molecule has 0 N–H and O–H groups in total. The fourth-order valence-corrected chi connectivity index (χ4v) is 2.00. The van der Waals surface area contributed by atoms with Gasteiger partial charge < -0.3 is 0 Å². The molecule has 0 aromatic carbocycles. The second kappa shape index (κ2) is 2.47. The highest BCUT2D eigenvalue weighted by Crippen LogP contribution is 2.35. The molecule has 0 radical (unpaired) electrons. The zero-order valence-electron chi connectivity index (χ0n) is 7.72. The molecule has 64 valence electrons. The summed E-state index contributed by atoms with van der Waals surface area (Å²) < 4.78 is 0. The zero-order chi connectivity index (χ0) is 8.72. The molecule has 0 amide bonds. The first-order chi connectivity index (χ1) is 5.70. The van der Waals surface area contributed by atoms with E-state index in [0.717, 1.165) is 5.70 Å². The molecule has 0 bridgehead atoms. The molecule has 0 unspecified atom stereocenters. The summed E-state index contributed by atoms with van der Waals surface area (Å²) in [6, 6.07) is 0. The second-order valence-electron chi connectivity index (χ2n) is 3.47. The number of hydrazone groups is 1. The Kier molecular flexibility index (Phi) is 1.56. The maximum atomic E-state index is 4.40. The van der Waals surface area contributed by atoms with Crippen LogP contribution in [0.5, 0.6) is 0 Å². The van der Waals surface area contributed by atoms with Gasteiger partial charge in [-0.15, -0.1) is 0 Å². The number of likely N-dealkylation sites (N-methyl/N-ethyl adjacent to an activating group) is 1. The molecule has 0 aromatic rings. The van der Waals surface area contributed by atoms with E-state index in [-0.39, 0.29) is 0 Å². The van der Waals surface area contributed by atoms with Gasteiger partial charge in [0.05, 0.1) is 11.4 Å². The van der Waals surface area contributed by atoms with Crippen LogP contribution in [0.15, 0.2) is 28.5 Å². The minimum atomic E-state index is 1.09. The van der Waals surface area contributed by atoms with E-state index in [2.05, 4.69) is 18.6 Å². The lowest BCUT2D eigenvalue weighted by atomic mass is 10.0. The largest absolute Gasteiger partial charge is 0.269 e. The van der Waals surface area contributed by atoms with Crippen LogP contribution < -0.4 is 0 Å². The van der Waals surface area contributed by atoms with Crippen molar-refractivity contribution in [1.29, 1.82) is 0 Å². The second-order valence-corrected chi connectivity index (χ2v) is 3.47. The van der Waals surface area contributed by atoms with E-state index in [4.69, 9.17) is 0 Å². The van der Waals surface area contributed by atoms with Gasteiger partial charge in [0.2, 0.25) is 0 Å². The molecule has 12 heavy (non-hydrogen) atoms. The first-order valence-corrected chi connectivity index (χ1v) is 4.41. The van der Waals surface area contributed by atoms with Crippen LogP contribution in [0.25, 0.3) is 0 Å². The fraction of sp³-hybridized carbons (Fsp3) is 0.500. The molecule has 2 nitrogen and oxygen atoms in total. The maximum Gasteiger partial charge on any atom is 0.0614 e. The number of rotatable bonds is 0. The van der Waals surface area contributed by atoms with Gasteiger partial charge in [-0.25, -0.2) is 0 Å². The number of allylic oxidation sites excluding steroid dienone is 2. The molecular formula is C10H14N2. The summed E-state index contributed by atoms with van der Waals surface area (Å²) in [6.07, 6.45) is 3.65. The van der Waals surface area contributed by atoms with E-state index < -0.39 is 0 Å². The predicted molar refractivity (Wildman–Crippen MR) is 50.9 cm³/mol. The van der Waals surface area contributed by atoms with Crippen molar-refractivity contribution in [2.45, 2.75) is 26.2 Å². The Hall–Kier alpha value is -1.05. The summed E-state index contributed by atoms with van der Waals surface area (Å²) in [4.78, 5) is 0. The van der Waals surface area contributed by atoms with Gasteiger partial charge in [0.15, 0.2) is 0 Å². The topological polar surface area (TPSA) is 15.6 Å². The van der Waals surface area contributed by atoms with E-state index in [1.807, 2.05) is 12.1 Å². The monoisotopic (exact) mass is 162 g/mol. The molecule has 0 saturated heterocycles. The van der Waals surface area contributed by atoms with Crippen molar-refractivity contribution in [3.63, 3.8) is 0 Å². The van der Waals surface area contributed by atoms with Crippen LogP contribution in [-0.4, -0.2) is 17.8 Å². The van der Waals surface area contributed by atoms with E-state index in [1.165, 1.54) is 36.1 Å². The summed E-state index contributed by atoms with van der Waals surface area (Å²) in [5.41, 5.74) is 5.15. The molecule has 0 aromatic heterocycles. The van der Waals surface area contributed by atoms with Crippen molar-refractivity contribution in [1.82, 2.24) is 5.01 Å². The van der Waals surface area contributed by atoms with Crippen molar-refractivity contribution in [2.24, 2.45) is 5.10 Å². The molecule has 2 rings (SSSR count). The Balaban J connectivity index is 2.45. The van der Waals surface area contributed by atoms with Crippen molar-refractivity contribution in [3.05, 3.63) is 23.4 Å². The molecule has 0 fully saturated rings. The van der Waals surface area contributed by atoms with E-state index >= 15 is 0 Å². The minimum absolute atomic E-state index is 1.09. The normalized spacial score (nSPS) is 23.0. The van der Waals surface area contributed by atoms with Crippen LogP contribution in [0.3, 0.4) is 0 Å². The first kappa shape index (κ1) is 7.59. The van der Waals surface area contributed by atoms with Crippen molar-refractivity contribution >= 4 is 5.71 Å². The van der Waals surface area contributed by atoms with Crippen LogP contribution in [0.1, 0.15) is 26.2 Å². The summed E-state index contributed by atoms with van der Waals surface area (Å²) in [6.45, 7) is 6.12. The summed E-state index contributed by atoms with van der Waals surface area (Å²) in [5, 5.41) is 6.29. The van der Waals surface area contributed by atoms with Crippen molar-refractivity contribution in [3.8, 4) is 0 Å². The highest BCUT2D eigenvalue weighted by Gasteiger charge is 2.24. The van der Waals surface area contributed by atoms with Crippen LogP contribution in [0.4, 0.5) is 0 Å². The third-order valence-corrected chi connectivity index (χ3v) is 2.69. The highest BCUT2D eigenvalue weighted by molar-refractivity contribution is 6.00. The molecule has 0 spiro atoms. The molecule has 2 aliphatic rings. The van der Waals surface area contributed by atoms with Crippen LogP contribution in [0.2, 0.25) is 0 Å². The van der Waals surface area contributed by atoms with Gasteiger partial charge in [0.1, 0.15) is 0 Å². The Morgan fingerprint density at radius 1 is 1.33 bits per heavy atom. The quantitative estimate of drug-likeness (QED) is 0.533. The van der Waals surface area contributed by atoms with E-state index in [9.17, 15) is 0 Å². The van der Waals surface area contributed by atoms with Gasteiger partial charge in [-0.3, -0.25) is 5.01 Å². The summed E-state index contributed by atoms with van der Waals surface area (Å²) in [7, 11) is 1.97. The number of hydrogen-bond acceptors (Lipinski definition) is 2. The van der Waals surface area contributed by atoms with Crippen molar-refractivity contribution in [2.75, 3.05) is 7.05 Å². The molecule has 0 atom stereocenters. The predicted octanol–water partition coefficient (Wildman–Crippen LogP) is 2.30. The van der Waals surface area contributed by atoms with Gasteiger partial charge in [-0.1, -0.05) is 6.58 Å². The smallest absolute Gasteiger partial charge is 0.0614 e. The molecule has 1 aliphatic heterocycles. The highest BCUT2D eigenvalue weighted by atomic mass is 15.4. The minimum Gasteiger partial charge on any atom is -0.269 e. The zero-order valence-corrected chi connectivity index (χ0v) is 7.72. The van der Waals surface area contributed by atoms with E-state index in [0.29, 0.717) is 0 Å². The number of nitrogens with zero attached hydrogens (tertiary/aromatic N) is 2. The Morgan fingerprint density at radius 3 is 2.75 bits per heavy atom. The number of hydrogen-bond donors (Lipinski definition) is 0. The average Bonchev–Trinajstić information content (AvgIpc) is 2.48. The van der Waals surface area contributed by atoms with Crippen LogP contribution in [0, 0.1) is 0 Å². The Bertz CT molecular complexity index is 297. The Morgan fingerprint density at radius 2 is 2.00 bits per heavy atom. The lowest BCUT2D eigenvalue weighted by molar-refractivity contribution is 0.449. The lowest BCUT2D eigenvalue weighted by Crippen LogP contribution is -2.19. The van der Waals surface area contributed by atoms with Crippen molar-refractivity contribution < 1.29 is 0 Å². The molecule has 0 saturated carbocycles.